The molecule has 0 aromatic heterocycles. The van der Waals surface area contributed by atoms with Crippen molar-refractivity contribution >= 4 is 0 Å². The van der Waals surface area contributed by atoms with Crippen molar-refractivity contribution in [3.63, 3.8) is 0 Å². The van der Waals surface area contributed by atoms with Crippen LogP contribution in [0, 0.1) is 16.7 Å². The lowest BCUT2D eigenvalue weighted by molar-refractivity contribution is 0.147. The number of nitriles is 1. The average Bonchev–Trinajstić information content (AvgIpc) is 2.70. The van der Waals surface area contributed by atoms with Gasteiger partial charge in [0.15, 0.2) is 0 Å². The Kier molecular flexibility index (Phi) is 2.48. The smallest absolute Gasteiger partial charge is 0.0690 e. The van der Waals surface area contributed by atoms with E-state index in [1.165, 1.54) is 0 Å². The largest absolute Gasteiger partial charge is 0.392 e. The van der Waals surface area contributed by atoms with E-state index >= 15 is 0 Å². The van der Waals surface area contributed by atoms with E-state index in [9.17, 15) is 5.11 Å². The highest BCUT2D eigenvalue weighted by atomic mass is 16.3. The summed E-state index contributed by atoms with van der Waals surface area (Å²) in [4.78, 5) is 0. The maximum atomic E-state index is 9.34. The Labute approximate surface area is 67.0 Å². The number of nitrogens with zero attached hydrogens (tertiary/aromatic N) is 1. The van der Waals surface area contributed by atoms with Gasteiger partial charge in [0, 0.05) is 6.54 Å². The Bertz CT molecular complexity index is 169. The van der Waals surface area contributed by atoms with Gasteiger partial charge < -0.3 is 10.4 Å². The number of aliphatic hydroxyl groups excluding tert-OH is 1. The summed E-state index contributed by atoms with van der Waals surface area (Å²) >= 11 is 0. The third kappa shape index (κ3) is 2.18. The van der Waals surface area contributed by atoms with Crippen LogP contribution in [0.4, 0.5) is 0 Å². The Balaban J connectivity index is 2.25. The minimum atomic E-state index is -0.359. The Morgan fingerprint density at radius 1 is 1.73 bits per heavy atom. The van der Waals surface area contributed by atoms with Crippen molar-refractivity contribution in [2.45, 2.75) is 25.4 Å². The van der Waals surface area contributed by atoms with Crippen molar-refractivity contribution in [1.82, 2.24) is 5.32 Å². The molecule has 62 valence electrons. The quantitative estimate of drug-likeness (QED) is 0.610. The van der Waals surface area contributed by atoms with Gasteiger partial charge in [-0.3, -0.25) is 0 Å². The van der Waals surface area contributed by atoms with Crippen LogP contribution in [0.3, 0.4) is 0 Å². The predicted molar refractivity (Wildman–Crippen MR) is 41.8 cm³/mol. The Morgan fingerprint density at radius 3 is 2.73 bits per heavy atom. The minimum absolute atomic E-state index is 0.170. The third-order valence-corrected chi connectivity index (χ3v) is 2.16. The number of aliphatic hydroxyl groups is 1. The molecular formula is C8H14N2O. The van der Waals surface area contributed by atoms with Crippen LogP contribution in [0.5, 0.6) is 0 Å². The monoisotopic (exact) mass is 154 g/mol. The Morgan fingerprint density at radius 2 is 2.36 bits per heavy atom. The number of hydrogen-bond donors (Lipinski definition) is 2. The first-order valence-corrected chi connectivity index (χ1v) is 3.96. The van der Waals surface area contributed by atoms with E-state index < -0.39 is 0 Å². The Hall–Kier alpha value is -0.590. The topological polar surface area (TPSA) is 56.0 Å². The van der Waals surface area contributed by atoms with Crippen LogP contribution >= 0.6 is 0 Å². The van der Waals surface area contributed by atoms with Crippen LogP contribution in [0.1, 0.15) is 19.3 Å². The molecule has 0 amide bonds. The van der Waals surface area contributed by atoms with Crippen molar-refractivity contribution in [3.8, 4) is 6.07 Å². The van der Waals surface area contributed by atoms with Crippen LogP contribution in [0.2, 0.25) is 0 Å². The van der Waals surface area contributed by atoms with Gasteiger partial charge in [-0.2, -0.15) is 5.26 Å². The van der Waals surface area contributed by atoms with Crippen LogP contribution in [-0.2, 0) is 0 Å². The lowest BCUT2D eigenvalue weighted by atomic mass is 10.0. The van der Waals surface area contributed by atoms with Crippen LogP contribution in [0.25, 0.3) is 0 Å². The van der Waals surface area contributed by atoms with Crippen molar-refractivity contribution in [2.75, 3.05) is 13.6 Å². The molecule has 1 saturated carbocycles. The van der Waals surface area contributed by atoms with Crippen molar-refractivity contribution in [2.24, 2.45) is 5.41 Å². The summed E-state index contributed by atoms with van der Waals surface area (Å²) in [5.41, 5.74) is -0.170. The number of nitrogens with one attached hydrogen (secondary N) is 1. The standard InChI is InChI=1S/C8H14N2O/c1-10-5-7(11)4-8(6-9)2-3-8/h7,10-11H,2-5H2,1H3/t7-/m1/s1. The van der Waals surface area contributed by atoms with Crippen molar-refractivity contribution in [3.05, 3.63) is 0 Å². The summed E-state index contributed by atoms with van der Waals surface area (Å²) in [7, 11) is 1.80. The molecule has 0 saturated heterocycles. The van der Waals surface area contributed by atoms with Crippen LogP contribution < -0.4 is 5.32 Å². The highest BCUT2D eigenvalue weighted by Gasteiger charge is 2.44. The highest BCUT2D eigenvalue weighted by molar-refractivity contribution is 5.10. The second-order valence-corrected chi connectivity index (χ2v) is 3.31. The summed E-state index contributed by atoms with van der Waals surface area (Å²) in [6.45, 7) is 0.587. The average molecular weight is 154 g/mol. The number of hydrogen-bond acceptors (Lipinski definition) is 3. The first-order chi connectivity index (χ1) is 5.22. The molecule has 1 aliphatic rings. The molecular weight excluding hydrogens is 140 g/mol. The van der Waals surface area contributed by atoms with Gasteiger partial charge in [-0.25, -0.2) is 0 Å². The van der Waals surface area contributed by atoms with Crippen LogP contribution in [-0.4, -0.2) is 24.8 Å². The van der Waals surface area contributed by atoms with E-state index in [4.69, 9.17) is 5.26 Å². The SMILES string of the molecule is CNC[C@H](O)CC1(C#N)CC1. The van der Waals surface area contributed by atoms with Gasteiger partial charge in [-0.05, 0) is 26.3 Å². The van der Waals surface area contributed by atoms with E-state index in [0.29, 0.717) is 13.0 Å². The van der Waals surface area contributed by atoms with Gasteiger partial charge in [-0.15, -0.1) is 0 Å². The maximum absolute atomic E-state index is 9.34. The molecule has 0 spiro atoms. The zero-order chi connectivity index (χ0) is 8.32. The van der Waals surface area contributed by atoms with Gasteiger partial charge in [-0.1, -0.05) is 0 Å². The molecule has 11 heavy (non-hydrogen) atoms. The first-order valence-electron chi connectivity index (χ1n) is 3.96. The molecule has 2 N–H and O–H groups in total. The summed E-state index contributed by atoms with van der Waals surface area (Å²) in [5.74, 6) is 0. The first kappa shape index (κ1) is 8.51. The molecule has 0 aromatic rings. The van der Waals surface area contributed by atoms with E-state index in [1.807, 2.05) is 0 Å². The van der Waals surface area contributed by atoms with Gasteiger partial charge in [0.25, 0.3) is 0 Å². The van der Waals surface area contributed by atoms with E-state index in [2.05, 4.69) is 11.4 Å². The second kappa shape index (κ2) is 3.21. The molecule has 0 heterocycles. The minimum Gasteiger partial charge on any atom is -0.392 e. The summed E-state index contributed by atoms with van der Waals surface area (Å²) in [6, 6.07) is 2.25. The van der Waals surface area contributed by atoms with Gasteiger partial charge >= 0.3 is 0 Å². The molecule has 3 heteroatoms. The molecule has 0 aliphatic heterocycles. The third-order valence-electron chi connectivity index (χ3n) is 2.16. The molecule has 1 rings (SSSR count). The van der Waals surface area contributed by atoms with E-state index in [1.54, 1.807) is 7.05 Å². The molecule has 1 aliphatic carbocycles. The molecule has 1 fully saturated rings. The molecule has 0 radical (unpaired) electrons. The van der Waals surface area contributed by atoms with Gasteiger partial charge in [0.05, 0.1) is 17.6 Å². The molecule has 3 nitrogen and oxygen atoms in total. The molecule has 1 atom stereocenters. The molecule has 0 unspecified atom stereocenters. The summed E-state index contributed by atoms with van der Waals surface area (Å²) in [6.07, 6.45) is 2.20. The predicted octanol–water partition coefficient (Wildman–Crippen LogP) is 0.261. The highest BCUT2D eigenvalue weighted by Crippen LogP contribution is 2.48. The van der Waals surface area contributed by atoms with Gasteiger partial charge in [0.2, 0.25) is 0 Å². The molecule has 0 aromatic carbocycles. The lowest BCUT2D eigenvalue weighted by Gasteiger charge is -2.11. The van der Waals surface area contributed by atoms with Crippen molar-refractivity contribution in [1.29, 1.82) is 5.26 Å². The van der Waals surface area contributed by atoms with E-state index in [0.717, 1.165) is 12.8 Å². The number of likely N-dealkylation sites (N-methyl/N-ethyl adjacent to an activating group) is 1. The fourth-order valence-electron chi connectivity index (χ4n) is 1.27. The summed E-state index contributed by atoms with van der Waals surface area (Å²) in [5, 5.41) is 20.9. The zero-order valence-electron chi connectivity index (χ0n) is 6.80. The van der Waals surface area contributed by atoms with Crippen LogP contribution in [0.15, 0.2) is 0 Å². The normalized spacial score (nSPS) is 22.3. The fourth-order valence-corrected chi connectivity index (χ4v) is 1.27. The van der Waals surface area contributed by atoms with E-state index in [-0.39, 0.29) is 11.5 Å². The zero-order valence-corrected chi connectivity index (χ0v) is 6.80. The fraction of sp³-hybridized carbons (Fsp3) is 0.875. The summed E-state index contributed by atoms with van der Waals surface area (Å²) < 4.78 is 0. The van der Waals surface area contributed by atoms with Gasteiger partial charge in [0.1, 0.15) is 0 Å². The maximum Gasteiger partial charge on any atom is 0.0690 e. The molecule has 0 bridgehead atoms. The second-order valence-electron chi connectivity index (χ2n) is 3.31. The lowest BCUT2D eigenvalue weighted by Crippen LogP contribution is -2.25. The van der Waals surface area contributed by atoms with Crippen molar-refractivity contribution < 1.29 is 5.11 Å². The number of rotatable bonds is 4.